The van der Waals surface area contributed by atoms with Gasteiger partial charge in [-0.25, -0.2) is 9.37 Å². The van der Waals surface area contributed by atoms with Crippen LogP contribution in [0, 0.1) is 5.82 Å². The zero-order valence-corrected chi connectivity index (χ0v) is 16.1. The van der Waals surface area contributed by atoms with E-state index in [0.717, 1.165) is 16.9 Å². The Bertz CT molecular complexity index is 909. The first-order valence-electron chi connectivity index (χ1n) is 8.77. The summed E-state index contributed by atoms with van der Waals surface area (Å²) in [6.07, 6.45) is 0.188. The molecule has 0 bridgehead atoms. The largest absolute Gasteiger partial charge is 0.494 e. The SMILES string of the molecule is CCOc1ccc(C(C)NC(=O)Cc2csc(-c3cccc(F)c3)n2)cc1. The number of carbonyl (C=O) groups is 1. The maximum Gasteiger partial charge on any atom is 0.226 e. The average molecular weight is 384 g/mol. The predicted octanol–water partition coefficient (Wildman–Crippen LogP) is 4.77. The number of benzene rings is 2. The third-order valence-corrected chi connectivity index (χ3v) is 4.97. The molecule has 3 rings (SSSR count). The molecule has 1 unspecified atom stereocenters. The van der Waals surface area contributed by atoms with Crippen molar-refractivity contribution in [3.8, 4) is 16.3 Å². The van der Waals surface area contributed by atoms with E-state index < -0.39 is 0 Å². The first-order chi connectivity index (χ1) is 13.0. The second kappa shape index (κ2) is 8.77. The molecule has 4 nitrogen and oxygen atoms in total. The third-order valence-electron chi connectivity index (χ3n) is 4.03. The second-order valence-corrected chi connectivity index (χ2v) is 6.98. The molecule has 0 aliphatic carbocycles. The second-order valence-electron chi connectivity index (χ2n) is 6.12. The van der Waals surface area contributed by atoms with E-state index in [1.165, 1.54) is 23.5 Å². The van der Waals surface area contributed by atoms with Gasteiger partial charge in [0.1, 0.15) is 16.6 Å². The van der Waals surface area contributed by atoms with Gasteiger partial charge in [0.15, 0.2) is 0 Å². The number of amides is 1. The lowest BCUT2D eigenvalue weighted by atomic mass is 10.1. The van der Waals surface area contributed by atoms with Crippen LogP contribution in [-0.2, 0) is 11.2 Å². The maximum absolute atomic E-state index is 13.3. The van der Waals surface area contributed by atoms with Crippen LogP contribution in [0.2, 0.25) is 0 Å². The normalized spacial score (nSPS) is 11.8. The first kappa shape index (κ1) is 19.0. The number of nitrogens with zero attached hydrogens (tertiary/aromatic N) is 1. The van der Waals surface area contributed by atoms with Gasteiger partial charge in [-0.05, 0) is 43.7 Å². The van der Waals surface area contributed by atoms with Gasteiger partial charge in [-0.3, -0.25) is 4.79 Å². The van der Waals surface area contributed by atoms with E-state index in [1.807, 2.05) is 43.5 Å². The Labute approximate surface area is 162 Å². The van der Waals surface area contributed by atoms with Gasteiger partial charge in [-0.1, -0.05) is 24.3 Å². The lowest BCUT2D eigenvalue weighted by molar-refractivity contribution is -0.121. The Morgan fingerprint density at radius 2 is 2.04 bits per heavy atom. The van der Waals surface area contributed by atoms with Crippen molar-refractivity contribution >= 4 is 17.2 Å². The maximum atomic E-state index is 13.3. The molecule has 1 amide bonds. The molecule has 0 saturated heterocycles. The molecule has 27 heavy (non-hydrogen) atoms. The molecule has 1 heterocycles. The van der Waals surface area contributed by atoms with Gasteiger partial charge in [0.05, 0.1) is 24.8 Å². The summed E-state index contributed by atoms with van der Waals surface area (Å²) in [7, 11) is 0. The quantitative estimate of drug-likeness (QED) is 0.638. The van der Waals surface area contributed by atoms with Crippen LogP contribution in [0.4, 0.5) is 4.39 Å². The lowest BCUT2D eigenvalue weighted by Crippen LogP contribution is -2.28. The molecular formula is C21H21FN2O2S. The molecule has 6 heteroatoms. The van der Waals surface area contributed by atoms with E-state index in [2.05, 4.69) is 10.3 Å². The summed E-state index contributed by atoms with van der Waals surface area (Å²) >= 11 is 1.40. The van der Waals surface area contributed by atoms with E-state index in [9.17, 15) is 9.18 Å². The summed E-state index contributed by atoms with van der Waals surface area (Å²) in [4.78, 5) is 16.8. The molecule has 0 saturated carbocycles. The van der Waals surface area contributed by atoms with E-state index >= 15 is 0 Å². The van der Waals surface area contributed by atoms with Crippen LogP contribution in [-0.4, -0.2) is 17.5 Å². The van der Waals surface area contributed by atoms with Crippen LogP contribution in [0.25, 0.3) is 10.6 Å². The molecule has 0 aliphatic rings. The third kappa shape index (κ3) is 5.14. The molecule has 1 aromatic heterocycles. The Morgan fingerprint density at radius 1 is 1.26 bits per heavy atom. The zero-order chi connectivity index (χ0) is 19.2. The fourth-order valence-corrected chi connectivity index (χ4v) is 3.52. The average Bonchev–Trinajstić information content (AvgIpc) is 3.11. The predicted molar refractivity (Wildman–Crippen MR) is 105 cm³/mol. The first-order valence-corrected chi connectivity index (χ1v) is 9.65. The number of ether oxygens (including phenoxy) is 1. The number of hydrogen-bond donors (Lipinski definition) is 1. The highest BCUT2D eigenvalue weighted by molar-refractivity contribution is 7.13. The molecule has 0 radical (unpaired) electrons. The minimum absolute atomic E-state index is 0.104. The van der Waals surface area contributed by atoms with Crippen LogP contribution in [0.3, 0.4) is 0 Å². The summed E-state index contributed by atoms with van der Waals surface area (Å²) in [6.45, 7) is 4.50. The van der Waals surface area contributed by atoms with E-state index in [1.54, 1.807) is 12.1 Å². The van der Waals surface area contributed by atoms with Crippen LogP contribution < -0.4 is 10.1 Å². The van der Waals surface area contributed by atoms with Gasteiger partial charge in [0, 0.05) is 10.9 Å². The fraction of sp³-hybridized carbons (Fsp3) is 0.238. The van der Waals surface area contributed by atoms with Gasteiger partial charge in [0.2, 0.25) is 5.91 Å². The Balaban J connectivity index is 1.59. The van der Waals surface area contributed by atoms with Gasteiger partial charge in [-0.2, -0.15) is 0 Å². The van der Waals surface area contributed by atoms with Gasteiger partial charge in [-0.15, -0.1) is 11.3 Å². The van der Waals surface area contributed by atoms with E-state index in [-0.39, 0.29) is 24.2 Å². The number of rotatable bonds is 7. The van der Waals surface area contributed by atoms with Crippen molar-refractivity contribution in [3.05, 3.63) is 71.0 Å². The Morgan fingerprint density at radius 3 is 2.74 bits per heavy atom. The number of nitrogens with one attached hydrogen (secondary N) is 1. The van der Waals surface area contributed by atoms with Crippen LogP contribution in [0.1, 0.15) is 31.1 Å². The molecule has 2 aromatic carbocycles. The highest BCUT2D eigenvalue weighted by Gasteiger charge is 2.13. The zero-order valence-electron chi connectivity index (χ0n) is 15.2. The van der Waals surface area contributed by atoms with Crippen LogP contribution in [0.5, 0.6) is 5.75 Å². The minimum atomic E-state index is -0.300. The molecule has 0 aliphatic heterocycles. The number of hydrogen-bond acceptors (Lipinski definition) is 4. The minimum Gasteiger partial charge on any atom is -0.494 e. The number of aromatic nitrogens is 1. The molecule has 3 aromatic rings. The van der Waals surface area contributed by atoms with Crippen LogP contribution in [0.15, 0.2) is 53.9 Å². The lowest BCUT2D eigenvalue weighted by Gasteiger charge is -2.14. The van der Waals surface area contributed by atoms with Crippen molar-refractivity contribution in [2.45, 2.75) is 26.3 Å². The molecule has 0 fully saturated rings. The van der Waals surface area contributed by atoms with Gasteiger partial charge in [0.25, 0.3) is 0 Å². The molecule has 1 atom stereocenters. The smallest absolute Gasteiger partial charge is 0.226 e. The van der Waals surface area contributed by atoms with Crippen molar-refractivity contribution in [2.24, 2.45) is 0 Å². The molecular weight excluding hydrogens is 363 g/mol. The fourth-order valence-electron chi connectivity index (χ4n) is 2.70. The summed E-state index contributed by atoms with van der Waals surface area (Å²) in [6, 6.07) is 13.9. The van der Waals surface area contributed by atoms with Crippen molar-refractivity contribution in [2.75, 3.05) is 6.61 Å². The standard InChI is InChI=1S/C21H21FN2O2S/c1-3-26-19-9-7-15(8-10-19)14(2)23-20(25)12-18-13-27-21(24-18)16-5-4-6-17(22)11-16/h4-11,13-14H,3,12H2,1-2H3,(H,23,25). The monoisotopic (exact) mass is 384 g/mol. The van der Waals surface area contributed by atoms with Crippen molar-refractivity contribution in [1.82, 2.24) is 10.3 Å². The Hall–Kier alpha value is -2.73. The van der Waals surface area contributed by atoms with E-state index in [4.69, 9.17) is 4.74 Å². The van der Waals surface area contributed by atoms with E-state index in [0.29, 0.717) is 17.3 Å². The summed E-state index contributed by atoms with van der Waals surface area (Å²) in [5.74, 6) is 0.408. The highest BCUT2D eigenvalue weighted by Crippen LogP contribution is 2.24. The highest BCUT2D eigenvalue weighted by atomic mass is 32.1. The topological polar surface area (TPSA) is 51.2 Å². The summed E-state index contributed by atoms with van der Waals surface area (Å²) in [5.41, 5.74) is 2.40. The van der Waals surface area contributed by atoms with Gasteiger partial charge >= 0.3 is 0 Å². The van der Waals surface area contributed by atoms with Crippen molar-refractivity contribution < 1.29 is 13.9 Å². The summed E-state index contributed by atoms with van der Waals surface area (Å²) in [5, 5.41) is 5.52. The van der Waals surface area contributed by atoms with Crippen LogP contribution >= 0.6 is 11.3 Å². The Kier molecular flexibility index (Phi) is 6.19. The summed E-state index contributed by atoms with van der Waals surface area (Å²) < 4.78 is 18.8. The molecule has 1 N–H and O–H groups in total. The number of thiazole rings is 1. The number of carbonyl (C=O) groups excluding carboxylic acids is 1. The van der Waals surface area contributed by atoms with Crippen molar-refractivity contribution in [1.29, 1.82) is 0 Å². The molecule has 0 spiro atoms. The number of halogens is 1. The van der Waals surface area contributed by atoms with Gasteiger partial charge < -0.3 is 10.1 Å². The molecule has 140 valence electrons. The van der Waals surface area contributed by atoms with Crippen molar-refractivity contribution in [3.63, 3.8) is 0 Å².